The van der Waals surface area contributed by atoms with E-state index in [1.807, 2.05) is 0 Å². The summed E-state index contributed by atoms with van der Waals surface area (Å²) in [6.07, 6.45) is 0. The SMILES string of the molecule is NNc1cccc(S)c1[N+](=O)[O-]. The van der Waals surface area contributed by atoms with Crippen LogP contribution in [0.3, 0.4) is 0 Å². The maximum atomic E-state index is 10.5. The second-order valence-electron chi connectivity index (χ2n) is 2.07. The minimum absolute atomic E-state index is 0.108. The third kappa shape index (κ3) is 1.49. The van der Waals surface area contributed by atoms with Crippen LogP contribution in [0.4, 0.5) is 11.4 Å². The fourth-order valence-corrected chi connectivity index (χ4v) is 1.13. The molecular weight excluding hydrogens is 178 g/mol. The Hall–Kier alpha value is -1.27. The van der Waals surface area contributed by atoms with Crippen molar-refractivity contribution in [2.45, 2.75) is 4.90 Å². The number of para-hydroxylation sites is 1. The first-order valence-corrected chi connectivity index (χ1v) is 3.54. The highest BCUT2D eigenvalue weighted by Crippen LogP contribution is 2.29. The van der Waals surface area contributed by atoms with E-state index < -0.39 is 4.92 Å². The summed E-state index contributed by atoms with van der Waals surface area (Å²) >= 11 is 3.92. The zero-order valence-corrected chi connectivity index (χ0v) is 6.91. The standard InChI is InChI=1S/C6H7N3O2S/c7-8-4-2-1-3-5(12)6(4)9(10)11/h1-3,8,12H,7H2. The summed E-state index contributed by atoms with van der Waals surface area (Å²) in [4.78, 5) is 10.2. The topological polar surface area (TPSA) is 81.2 Å². The van der Waals surface area contributed by atoms with Crippen molar-refractivity contribution < 1.29 is 4.92 Å². The molecule has 0 radical (unpaired) electrons. The van der Waals surface area contributed by atoms with Crippen LogP contribution in [0.2, 0.25) is 0 Å². The van der Waals surface area contributed by atoms with Gasteiger partial charge in [0, 0.05) is 0 Å². The minimum Gasteiger partial charge on any atom is -0.318 e. The van der Waals surface area contributed by atoms with Crippen LogP contribution in [0, 0.1) is 10.1 Å². The molecule has 0 aliphatic rings. The van der Waals surface area contributed by atoms with Gasteiger partial charge in [-0.25, -0.2) is 0 Å². The molecule has 0 aliphatic carbocycles. The largest absolute Gasteiger partial charge is 0.318 e. The van der Waals surface area contributed by atoms with E-state index in [0.29, 0.717) is 0 Å². The number of nitrogens with one attached hydrogen (secondary N) is 1. The molecule has 0 amide bonds. The lowest BCUT2D eigenvalue weighted by atomic mass is 10.3. The van der Waals surface area contributed by atoms with Crippen LogP contribution in [0.5, 0.6) is 0 Å². The molecule has 0 saturated heterocycles. The number of hydrazine groups is 1. The average molecular weight is 185 g/mol. The second kappa shape index (κ2) is 3.42. The summed E-state index contributed by atoms with van der Waals surface area (Å²) in [5.74, 6) is 5.07. The molecular formula is C6H7N3O2S. The van der Waals surface area contributed by atoms with Crippen molar-refractivity contribution in [3.63, 3.8) is 0 Å². The molecule has 6 heteroatoms. The number of nitrogens with two attached hydrogens (primary N) is 1. The van der Waals surface area contributed by atoms with Gasteiger partial charge in [0.25, 0.3) is 0 Å². The molecule has 5 nitrogen and oxygen atoms in total. The Morgan fingerprint density at radius 3 is 2.67 bits per heavy atom. The van der Waals surface area contributed by atoms with Gasteiger partial charge in [-0.3, -0.25) is 16.0 Å². The lowest BCUT2D eigenvalue weighted by Crippen LogP contribution is -2.09. The molecule has 0 bridgehead atoms. The Morgan fingerprint density at radius 2 is 2.25 bits per heavy atom. The maximum Gasteiger partial charge on any atom is 0.306 e. The number of benzene rings is 1. The van der Waals surface area contributed by atoms with Crippen LogP contribution in [0.1, 0.15) is 0 Å². The first-order chi connectivity index (χ1) is 5.66. The molecule has 1 aromatic rings. The molecule has 0 fully saturated rings. The Morgan fingerprint density at radius 1 is 1.58 bits per heavy atom. The molecule has 64 valence electrons. The number of rotatable bonds is 2. The average Bonchev–Trinajstić information content (AvgIpc) is 2.03. The van der Waals surface area contributed by atoms with Crippen molar-refractivity contribution in [3.8, 4) is 0 Å². The van der Waals surface area contributed by atoms with Gasteiger partial charge in [0.05, 0.1) is 9.82 Å². The third-order valence-corrected chi connectivity index (χ3v) is 1.71. The number of nitrogens with zero attached hydrogens (tertiary/aromatic N) is 1. The lowest BCUT2D eigenvalue weighted by Gasteiger charge is -2.02. The quantitative estimate of drug-likeness (QED) is 0.279. The highest BCUT2D eigenvalue weighted by molar-refractivity contribution is 7.80. The van der Waals surface area contributed by atoms with Crippen LogP contribution in [-0.2, 0) is 0 Å². The van der Waals surface area contributed by atoms with Gasteiger partial charge >= 0.3 is 5.69 Å². The van der Waals surface area contributed by atoms with E-state index in [1.165, 1.54) is 12.1 Å². The van der Waals surface area contributed by atoms with E-state index in [2.05, 4.69) is 18.1 Å². The molecule has 0 unspecified atom stereocenters. The molecule has 0 atom stereocenters. The molecule has 1 rings (SSSR count). The van der Waals surface area contributed by atoms with Crippen molar-refractivity contribution in [2.75, 3.05) is 5.43 Å². The molecule has 0 aromatic heterocycles. The second-order valence-corrected chi connectivity index (χ2v) is 2.56. The van der Waals surface area contributed by atoms with Gasteiger partial charge in [0.2, 0.25) is 0 Å². The predicted molar refractivity (Wildman–Crippen MR) is 48.2 cm³/mol. The molecule has 3 N–H and O–H groups in total. The molecule has 12 heavy (non-hydrogen) atoms. The molecule has 1 aromatic carbocycles. The van der Waals surface area contributed by atoms with Crippen LogP contribution in [0.15, 0.2) is 23.1 Å². The minimum atomic E-state index is -0.530. The Kier molecular flexibility index (Phi) is 2.51. The fourth-order valence-electron chi connectivity index (χ4n) is 0.840. The van der Waals surface area contributed by atoms with Crippen molar-refractivity contribution >= 4 is 24.0 Å². The van der Waals surface area contributed by atoms with Crippen LogP contribution in [-0.4, -0.2) is 4.92 Å². The lowest BCUT2D eigenvalue weighted by molar-refractivity contribution is -0.386. The van der Waals surface area contributed by atoms with E-state index in [9.17, 15) is 10.1 Å². The Balaban J connectivity index is 3.29. The van der Waals surface area contributed by atoms with Gasteiger partial charge in [-0.05, 0) is 12.1 Å². The summed E-state index contributed by atoms with van der Waals surface area (Å²) in [6, 6.07) is 4.67. The number of hydrogen-bond donors (Lipinski definition) is 3. The zero-order chi connectivity index (χ0) is 9.14. The van der Waals surface area contributed by atoms with E-state index >= 15 is 0 Å². The summed E-state index contributed by atoms with van der Waals surface area (Å²) < 4.78 is 0. The van der Waals surface area contributed by atoms with Crippen LogP contribution < -0.4 is 11.3 Å². The van der Waals surface area contributed by atoms with Crippen molar-refractivity contribution in [2.24, 2.45) is 5.84 Å². The molecule has 0 spiro atoms. The normalized spacial score (nSPS) is 9.50. The highest BCUT2D eigenvalue weighted by atomic mass is 32.1. The summed E-state index contributed by atoms with van der Waals surface area (Å²) in [7, 11) is 0. The number of nitrogen functional groups attached to an aromatic ring is 1. The van der Waals surface area contributed by atoms with E-state index in [1.54, 1.807) is 6.07 Å². The van der Waals surface area contributed by atoms with Crippen molar-refractivity contribution in [1.29, 1.82) is 0 Å². The van der Waals surface area contributed by atoms with Gasteiger partial charge in [-0.15, -0.1) is 12.6 Å². The fraction of sp³-hybridized carbons (Fsp3) is 0. The number of nitro benzene ring substituents is 1. The van der Waals surface area contributed by atoms with Crippen LogP contribution in [0.25, 0.3) is 0 Å². The first-order valence-electron chi connectivity index (χ1n) is 3.10. The van der Waals surface area contributed by atoms with Gasteiger partial charge < -0.3 is 5.43 Å². The third-order valence-electron chi connectivity index (χ3n) is 1.35. The van der Waals surface area contributed by atoms with E-state index in [0.717, 1.165) is 0 Å². The number of hydrogen-bond acceptors (Lipinski definition) is 5. The predicted octanol–water partition coefficient (Wildman–Crippen LogP) is 1.17. The number of thiol groups is 1. The van der Waals surface area contributed by atoms with E-state index in [-0.39, 0.29) is 16.3 Å². The van der Waals surface area contributed by atoms with Gasteiger partial charge in [-0.2, -0.15) is 0 Å². The Bertz CT molecular complexity index is 316. The smallest absolute Gasteiger partial charge is 0.306 e. The summed E-state index contributed by atoms with van der Waals surface area (Å²) in [5, 5.41) is 10.5. The summed E-state index contributed by atoms with van der Waals surface area (Å²) in [6.45, 7) is 0. The Labute approximate surface area is 74.1 Å². The molecule has 0 aliphatic heterocycles. The van der Waals surface area contributed by atoms with Crippen LogP contribution >= 0.6 is 12.6 Å². The van der Waals surface area contributed by atoms with Gasteiger partial charge in [-0.1, -0.05) is 6.07 Å². The summed E-state index contributed by atoms with van der Waals surface area (Å²) in [5.41, 5.74) is 2.38. The van der Waals surface area contributed by atoms with Gasteiger partial charge in [0.1, 0.15) is 5.69 Å². The number of anilines is 1. The highest BCUT2D eigenvalue weighted by Gasteiger charge is 2.15. The first kappa shape index (κ1) is 8.82. The van der Waals surface area contributed by atoms with Crippen molar-refractivity contribution in [1.82, 2.24) is 0 Å². The van der Waals surface area contributed by atoms with Gasteiger partial charge in [0.15, 0.2) is 0 Å². The van der Waals surface area contributed by atoms with Crippen molar-refractivity contribution in [3.05, 3.63) is 28.3 Å². The molecule has 0 saturated carbocycles. The monoisotopic (exact) mass is 185 g/mol. The maximum absolute atomic E-state index is 10.5. The number of nitro groups is 1. The molecule has 0 heterocycles. The zero-order valence-electron chi connectivity index (χ0n) is 6.02. The van der Waals surface area contributed by atoms with E-state index in [4.69, 9.17) is 5.84 Å².